The SMILES string of the molecule is C=Cc1c(/C=C\C)[nH]c(=C)c1=C. The molecule has 62 valence electrons. The van der Waals surface area contributed by atoms with Crippen molar-refractivity contribution in [2.24, 2.45) is 0 Å². The van der Waals surface area contributed by atoms with E-state index in [0.717, 1.165) is 21.8 Å². The van der Waals surface area contributed by atoms with E-state index in [1.165, 1.54) is 0 Å². The Morgan fingerprint density at radius 3 is 2.50 bits per heavy atom. The van der Waals surface area contributed by atoms with Gasteiger partial charge in [0.1, 0.15) is 0 Å². The van der Waals surface area contributed by atoms with Gasteiger partial charge in [-0.15, -0.1) is 0 Å². The number of hydrogen-bond acceptors (Lipinski definition) is 0. The van der Waals surface area contributed by atoms with E-state index >= 15 is 0 Å². The van der Waals surface area contributed by atoms with E-state index in [1.807, 2.05) is 19.1 Å². The van der Waals surface area contributed by atoms with Crippen molar-refractivity contribution in [3.63, 3.8) is 0 Å². The molecular weight excluding hydrogens is 146 g/mol. The number of aromatic nitrogens is 1. The fourth-order valence-electron chi connectivity index (χ4n) is 1.16. The van der Waals surface area contributed by atoms with Crippen LogP contribution in [0.1, 0.15) is 18.2 Å². The molecule has 0 atom stereocenters. The molecule has 0 unspecified atom stereocenters. The van der Waals surface area contributed by atoms with Gasteiger partial charge in [-0.05, 0) is 18.2 Å². The highest BCUT2D eigenvalue weighted by atomic mass is 14.7. The van der Waals surface area contributed by atoms with Gasteiger partial charge in [0.2, 0.25) is 0 Å². The first-order valence-corrected chi connectivity index (χ1v) is 3.85. The maximum Gasteiger partial charge on any atom is 0.0460 e. The molecule has 0 spiro atoms. The normalized spacial score (nSPS) is 10.8. The molecule has 1 heterocycles. The van der Waals surface area contributed by atoms with Crippen molar-refractivity contribution in [1.29, 1.82) is 0 Å². The number of nitrogens with one attached hydrogen (secondary N) is 1. The molecule has 0 bridgehead atoms. The molecule has 1 N–H and O–H groups in total. The summed E-state index contributed by atoms with van der Waals surface area (Å²) in [6, 6.07) is 0. The molecular formula is C11H13N. The summed E-state index contributed by atoms with van der Waals surface area (Å²) < 4.78 is 0. The van der Waals surface area contributed by atoms with Crippen LogP contribution >= 0.6 is 0 Å². The van der Waals surface area contributed by atoms with Gasteiger partial charge in [0, 0.05) is 16.6 Å². The van der Waals surface area contributed by atoms with Crippen LogP contribution in [-0.4, -0.2) is 4.98 Å². The standard InChI is InChI=1S/C11H13N/c1-5-7-11-10(6-2)8(3)9(4)12-11/h5-7,12H,2-4H2,1H3/b7-5-. The number of hydrogen-bond donors (Lipinski definition) is 1. The van der Waals surface area contributed by atoms with Crippen molar-refractivity contribution in [2.75, 3.05) is 0 Å². The van der Waals surface area contributed by atoms with Crippen LogP contribution in [0, 0.1) is 0 Å². The Balaban J connectivity index is 3.50. The average molecular weight is 159 g/mol. The number of aromatic amines is 1. The highest BCUT2D eigenvalue weighted by Gasteiger charge is 1.98. The molecule has 0 saturated carbocycles. The molecule has 1 nitrogen and oxygen atoms in total. The second kappa shape index (κ2) is 3.26. The lowest BCUT2D eigenvalue weighted by Gasteiger charge is -1.88. The van der Waals surface area contributed by atoms with Crippen molar-refractivity contribution in [3.8, 4) is 0 Å². The molecule has 0 fully saturated rings. The summed E-state index contributed by atoms with van der Waals surface area (Å²) >= 11 is 0. The smallest absolute Gasteiger partial charge is 0.0460 e. The molecule has 0 amide bonds. The van der Waals surface area contributed by atoms with Crippen LogP contribution in [0.15, 0.2) is 12.7 Å². The maximum atomic E-state index is 3.89. The van der Waals surface area contributed by atoms with Gasteiger partial charge in [-0.1, -0.05) is 31.9 Å². The van der Waals surface area contributed by atoms with Crippen molar-refractivity contribution < 1.29 is 0 Å². The van der Waals surface area contributed by atoms with Gasteiger partial charge >= 0.3 is 0 Å². The van der Waals surface area contributed by atoms with Crippen molar-refractivity contribution >= 4 is 25.3 Å². The molecule has 0 aromatic carbocycles. The summed E-state index contributed by atoms with van der Waals surface area (Å²) in [6.07, 6.45) is 5.75. The summed E-state index contributed by atoms with van der Waals surface area (Å²) in [5.41, 5.74) is 2.07. The highest BCUT2D eigenvalue weighted by Crippen LogP contribution is 2.01. The third-order valence-electron chi connectivity index (χ3n) is 1.80. The third kappa shape index (κ3) is 1.26. The van der Waals surface area contributed by atoms with E-state index in [-0.39, 0.29) is 0 Å². The largest absolute Gasteiger partial charge is 0.355 e. The van der Waals surface area contributed by atoms with E-state index in [1.54, 1.807) is 6.08 Å². The Hall–Kier alpha value is -1.50. The predicted molar refractivity (Wildman–Crippen MR) is 55.9 cm³/mol. The Morgan fingerprint density at radius 2 is 2.00 bits per heavy atom. The fraction of sp³-hybridized carbons (Fsp3) is 0.0909. The van der Waals surface area contributed by atoms with Crippen LogP contribution in [0.25, 0.3) is 25.3 Å². The molecule has 1 aromatic heterocycles. The summed E-state index contributed by atoms with van der Waals surface area (Å²) in [7, 11) is 0. The van der Waals surface area contributed by atoms with E-state index in [9.17, 15) is 0 Å². The van der Waals surface area contributed by atoms with E-state index in [4.69, 9.17) is 0 Å². The van der Waals surface area contributed by atoms with E-state index in [0.29, 0.717) is 0 Å². The van der Waals surface area contributed by atoms with Crippen molar-refractivity contribution in [3.05, 3.63) is 34.5 Å². The van der Waals surface area contributed by atoms with Gasteiger partial charge in [-0.25, -0.2) is 0 Å². The van der Waals surface area contributed by atoms with Gasteiger partial charge in [-0.3, -0.25) is 0 Å². The molecule has 0 aliphatic carbocycles. The lowest BCUT2D eigenvalue weighted by molar-refractivity contribution is 1.30. The quantitative estimate of drug-likeness (QED) is 0.673. The van der Waals surface area contributed by atoms with Crippen molar-refractivity contribution in [2.45, 2.75) is 6.92 Å². The van der Waals surface area contributed by atoms with Gasteiger partial charge in [0.05, 0.1) is 0 Å². The van der Waals surface area contributed by atoms with E-state index < -0.39 is 0 Å². The lowest BCUT2D eigenvalue weighted by Crippen LogP contribution is -2.19. The third-order valence-corrected chi connectivity index (χ3v) is 1.80. The lowest BCUT2D eigenvalue weighted by atomic mass is 10.2. The molecule has 12 heavy (non-hydrogen) atoms. The molecule has 1 rings (SSSR count). The molecule has 0 aliphatic rings. The highest BCUT2D eigenvalue weighted by molar-refractivity contribution is 5.62. The molecule has 1 aromatic rings. The summed E-state index contributed by atoms with van der Waals surface area (Å²) in [6.45, 7) is 13.4. The second-order valence-corrected chi connectivity index (χ2v) is 2.61. The monoisotopic (exact) mass is 159 g/mol. The fourth-order valence-corrected chi connectivity index (χ4v) is 1.16. The van der Waals surface area contributed by atoms with Crippen LogP contribution in [0.4, 0.5) is 0 Å². The number of rotatable bonds is 2. The van der Waals surface area contributed by atoms with Gasteiger partial charge < -0.3 is 4.98 Å². The molecule has 0 saturated heterocycles. The minimum Gasteiger partial charge on any atom is -0.355 e. The zero-order chi connectivity index (χ0) is 9.14. The van der Waals surface area contributed by atoms with Crippen LogP contribution in [0.3, 0.4) is 0 Å². The van der Waals surface area contributed by atoms with Crippen molar-refractivity contribution in [1.82, 2.24) is 4.98 Å². The summed E-state index contributed by atoms with van der Waals surface area (Å²) in [4.78, 5) is 3.13. The Bertz CT molecular complexity index is 407. The first-order valence-electron chi connectivity index (χ1n) is 3.85. The number of H-pyrrole nitrogens is 1. The molecule has 0 aliphatic heterocycles. The van der Waals surface area contributed by atoms with Crippen LogP contribution in [-0.2, 0) is 0 Å². The van der Waals surface area contributed by atoms with Crippen LogP contribution < -0.4 is 10.6 Å². The molecule has 1 heteroatoms. The van der Waals surface area contributed by atoms with Gasteiger partial charge in [-0.2, -0.15) is 0 Å². The summed E-state index contributed by atoms with van der Waals surface area (Å²) in [5.74, 6) is 0. The Kier molecular flexibility index (Phi) is 2.34. The zero-order valence-electron chi connectivity index (χ0n) is 7.35. The predicted octanol–water partition coefficient (Wildman–Crippen LogP) is 1.51. The van der Waals surface area contributed by atoms with Crippen LogP contribution in [0.2, 0.25) is 0 Å². The minimum atomic E-state index is 0.859. The zero-order valence-corrected chi connectivity index (χ0v) is 7.35. The number of allylic oxidation sites excluding steroid dienone is 1. The van der Waals surface area contributed by atoms with Crippen LogP contribution in [0.5, 0.6) is 0 Å². The summed E-state index contributed by atoms with van der Waals surface area (Å²) in [5, 5.41) is 1.79. The van der Waals surface area contributed by atoms with Gasteiger partial charge in [0.15, 0.2) is 0 Å². The minimum absolute atomic E-state index is 0.859. The Morgan fingerprint density at radius 1 is 1.33 bits per heavy atom. The first-order chi connectivity index (χ1) is 5.70. The molecule has 0 radical (unpaired) electrons. The average Bonchev–Trinajstić information content (AvgIpc) is 2.29. The Labute approximate surface area is 72.4 Å². The van der Waals surface area contributed by atoms with Gasteiger partial charge in [0.25, 0.3) is 0 Å². The first kappa shape index (κ1) is 8.60. The second-order valence-electron chi connectivity index (χ2n) is 2.61. The van der Waals surface area contributed by atoms with E-state index in [2.05, 4.69) is 24.7 Å². The topological polar surface area (TPSA) is 15.8 Å². The maximum absolute atomic E-state index is 3.89.